The lowest BCUT2D eigenvalue weighted by Gasteiger charge is -1.97. The summed E-state index contributed by atoms with van der Waals surface area (Å²) in [6, 6.07) is 6.30. The maximum absolute atomic E-state index is 10.9. The summed E-state index contributed by atoms with van der Waals surface area (Å²) in [6.45, 7) is 0. The second-order valence-electron chi connectivity index (χ2n) is 2.41. The van der Waals surface area contributed by atoms with Gasteiger partial charge in [0.1, 0.15) is 0 Å². The van der Waals surface area contributed by atoms with Crippen molar-refractivity contribution in [3.8, 4) is 0 Å². The zero-order valence-electron chi connectivity index (χ0n) is 6.64. The molecule has 0 aliphatic carbocycles. The summed E-state index contributed by atoms with van der Waals surface area (Å²) >= 11 is 3.12. The van der Waals surface area contributed by atoms with E-state index in [4.69, 9.17) is 5.14 Å². The van der Waals surface area contributed by atoms with Crippen molar-refractivity contribution in [3.05, 3.63) is 34.8 Å². The van der Waals surface area contributed by atoms with Crippen molar-refractivity contribution < 1.29 is 8.42 Å². The molecule has 0 aliphatic heterocycles. The van der Waals surface area contributed by atoms with Crippen LogP contribution in [0.5, 0.6) is 0 Å². The Kier molecular flexibility index (Phi) is 3.24. The van der Waals surface area contributed by atoms with E-state index in [-0.39, 0.29) is 4.90 Å². The normalized spacial score (nSPS) is 12.2. The van der Waals surface area contributed by atoms with E-state index < -0.39 is 10.0 Å². The Hall–Kier alpha value is -0.650. The maximum Gasteiger partial charge on any atom is 0.238 e. The van der Waals surface area contributed by atoms with Crippen molar-refractivity contribution in [2.24, 2.45) is 5.14 Å². The van der Waals surface area contributed by atoms with Crippen molar-refractivity contribution >= 4 is 32.0 Å². The first-order valence-electron chi connectivity index (χ1n) is 3.43. The fourth-order valence-electron chi connectivity index (χ4n) is 0.841. The van der Waals surface area contributed by atoms with E-state index in [0.29, 0.717) is 0 Å². The number of benzene rings is 1. The molecule has 0 amide bonds. The molecule has 2 N–H and O–H groups in total. The summed E-state index contributed by atoms with van der Waals surface area (Å²) in [5, 5.41) is 4.93. The minimum Gasteiger partial charge on any atom is -0.225 e. The zero-order valence-corrected chi connectivity index (χ0v) is 9.05. The Morgan fingerprint density at radius 2 is 1.77 bits per heavy atom. The van der Waals surface area contributed by atoms with Crippen LogP contribution in [0.25, 0.3) is 6.08 Å². The summed E-state index contributed by atoms with van der Waals surface area (Å²) in [5.41, 5.74) is 0.907. The van der Waals surface area contributed by atoms with E-state index in [9.17, 15) is 8.42 Å². The van der Waals surface area contributed by atoms with Gasteiger partial charge in [-0.2, -0.15) is 0 Å². The summed E-state index contributed by atoms with van der Waals surface area (Å²) in [7, 11) is -3.57. The molecule has 0 unspecified atom stereocenters. The summed E-state index contributed by atoms with van der Waals surface area (Å²) in [4.78, 5) is 1.82. The number of hydrogen-bond donors (Lipinski definition) is 1. The molecule has 0 aliphatic rings. The lowest BCUT2D eigenvalue weighted by atomic mass is 10.2. The number of sulfonamides is 1. The molecular formula is C8H8BrNO2S. The van der Waals surface area contributed by atoms with Gasteiger partial charge in [0.2, 0.25) is 10.0 Å². The molecule has 0 heterocycles. The minimum absolute atomic E-state index is 0.124. The van der Waals surface area contributed by atoms with E-state index in [1.54, 1.807) is 23.2 Å². The van der Waals surface area contributed by atoms with Gasteiger partial charge < -0.3 is 0 Å². The highest BCUT2D eigenvalue weighted by Gasteiger charge is 2.05. The molecule has 0 saturated heterocycles. The number of primary sulfonamides is 1. The second-order valence-corrected chi connectivity index (χ2v) is 4.50. The van der Waals surface area contributed by atoms with Gasteiger partial charge in [0, 0.05) is 0 Å². The third-order valence-corrected chi connectivity index (χ3v) is 2.66. The Balaban J connectivity index is 3.08. The second kappa shape index (κ2) is 4.04. The van der Waals surface area contributed by atoms with Crippen molar-refractivity contribution in [2.45, 2.75) is 4.90 Å². The van der Waals surface area contributed by atoms with Gasteiger partial charge in [0.15, 0.2) is 0 Å². The molecule has 0 atom stereocenters. The van der Waals surface area contributed by atoms with Crippen molar-refractivity contribution in [1.82, 2.24) is 0 Å². The van der Waals surface area contributed by atoms with Crippen LogP contribution in [-0.2, 0) is 10.0 Å². The molecule has 70 valence electrons. The van der Waals surface area contributed by atoms with Crippen LogP contribution in [0, 0.1) is 0 Å². The molecule has 5 heteroatoms. The fourth-order valence-corrected chi connectivity index (χ4v) is 1.66. The predicted molar refractivity (Wildman–Crippen MR) is 55.8 cm³/mol. The lowest BCUT2D eigenvalue weighted by molar-refractivity contribution is 0.598. The Morgan fingerprint density at radius 3 is 2.15 bits per heavy atom. The van der Waals surface area contributed by atoms with Gasteiger partial charge in [0.05, 0.1) is 4.90 Å². The number of hydrogen-bond acceptors (Lipinski definition) is 2. The van der Waals surface area contributed by atoms with Gasteiger partial charge in [0.25, 0.3) is 0 Å². The molecule has 0 saturated carbocycles. The van der Waals surface area contributed by atoms with Gasteiger partial charge in [-0.1, -0.05) is 28.1 Å². The van der Waals surface area contributed by atoms with Gasteiger partial charge in [-0.05, 0) is 28.8 Å². The number of halogens is 1. The number of rotatable bonds is 2. The topological polar surface area (TPSA) is 60.2 Å². The van der Waals surface area contributed by atoms with Crippen LogP contribution < -0.4 is 5.14 Å². The van der Waals surface area contributed by atoms with Crippen molar-refractivity contribution in [1.29, 1.82) is 0 Å². The largest absolute Gasteiger partial charge is 0.238 e. The highest BCUT2D eigenvalue weighted by molar-refractivity contribution is 9.11. The average molecular weight is 262 g/mol. The molecular weight excluding hydrogens is 254 g/mol. The van der Waals surface area contributed by atoms with Crippen LogP contribution >= 0.6 is 15.9 Å². The molecule has 13 heavy (non-hydrogen) atoms. The highest BCUT2D eigenvalue weighted by Crippen LogP contribution is 2.10. The first kappa shape index (κ1) is 10.4. The SMILES string of the molecule is NS(=O)(=O)c1ccc(/C=C\Br)cc1. The van der Waals surface area contributed by atoms with Gasteiger partial charge in [-0.15, -0.1) is 0 Å². The van der Waals surface area contributed by atoms with Crippen molar-refractivity contribution in [2.75, 3.05) is 0 Å². The van der Waals surface area contributed by atoms with Crippen LogP contribution in [0.15, 0.2) is 34.1 Å². The molecule has 0 fully saturated rings. The summed E-state index contributed by atoms with van der Waals surface area (Å²) < 4.78 is 21.7. The zero-order chi connectivity index (χ0) is 9.90. The first-order valence-corrected chi connectivity index (χ1v) is 5.90. The third kappa shape index (κ3) is 2.95. The molecule has 0 aromatic heterocycles. The van der Waals surface area contributed by atoms with E-state index in [0.717, 1.165) is 5.56 Å². The number of nitrogens with two attached hydrogens (primary N) is 1. The fraction of sp³-hybridized carbons (Fsp3) is 0. The van der Waals surface area contributed by atoms with Gasteiger partial charge in [-0.25, -0.2) is 13.6 Å². The monoisotopic (exact) mass is 261 g/mol. The van der Waals surface area contributed by atoms with Gasteiger partial charge in [-0.3, -0.25) is 0 Å². The van der Waals surface area contributed by atoms with Crippen LogP contribution in [-0.4, -0.2) is 8.42 Å². The molecule has 3 nitrogen and oxygen atoms in total. The van der Waals surface area contributed by atoms with Crippen molar-refractivity contribution in [3.63, 3.8) is 0 Å². The summed E-state index contributed by atoms with van der Waals surface area (Å²) in [6.07, 6.45) is 1.80. The standard InChI is InChI=1S/C8H8BrNO2S/c9-6-5-7-1-3-8(4-2-7)13(10,11)12/h1-6H,(H2,10,11,12)/b6-5-. The highest BCUT2D eigenvalue weighted by atomic mass is 79.9. The molecule has 0 bridgehead atoms. The third-order valence-electron chi connectivity index (χ3n) is 1.46. The van der Waals surface area contributed by atoms with Crippen LogP contribution in [0.1, 0.15) is 5.56 Å². The van der Waals surface area contributed by atoms with E-state index in [1.165, 1.54) is 12.1 Å². The Labute approximate surface area is 85.4 Å². The van der Waals surface area contributed by atoms with E-state index >= 15 is 0 Å². The minimum atomic E-state index is -3.57. The molecule has 1 aromatic rings. The molecule has 1 aromatic carbocycles. The maximum atomic E-state index is 10.9. The van der Waals surface area contributed by atoms with E-state index in [2.05, 4.69) is 15.9 Å². The summed E-state index contributed by atoms with van der Waals surface area (Å²) in [5.74, 6) is 0. The van der Waals surface area contributed by atoms with Gasteiger partial charge >= 0.3 is 0 Å². The smallest absolute Gasteiger partial charge is 0.225 e. The molecule has 1 rings (SSSR count). The Bertz CT molecular complexity index is 408. The molecule has 0 radical (unpaired) electrons. The van der Waals surface area contributed by atoms with Crippen LogP contribution in [0.2, 0.25) is 0 Å². The average Bonchev–Trinajstić information content (AvgIpc) is 2.04. The predicted octanol–water partition coefficient (Wildman–Crippen LogP) is 1.70. The van der Waals surface area contributed by atoms with Crippen LogP contribution in [0.4, 0.5) is 0 Å². The molecule has 0 spiro atoms. The Morgan fingerprint density at radius 1 is 1.23 bits per heavy atom. The van der Waals surface area contributed by atoms with Crippen LogP contribution in [0.3, 0.4) is 0 Å². The van der Waals surface area contributed by atoms with E-state index in [1.807, 2.05) is 0 Å². The quantitative estimate of drug-likeness (QED) is 0.881. The lowest BCUT2D eigenvalue weighted by Crippen LogP contribution is -2.11. The first-order chi connectivity index (χ1) is 6.04.